The second kappa shape index (κ2) is 7.13. The fraction of sp³-hybridized carbons (Fsp3) is 0.176. The van der Waals surface area contributed by atoms with E-state index in [2.05, 4.69) is 15.4 Å². The zero-order valence-electron chi connectivity index (χ0n) is 14.1. The molecule has 0 aliphatic rings. The van der Waals surface area contributed by atoms with Crippen LogP contribution in [0.15, 0.2) is 30.5 Å². The molecule has 28 heavy (non-hydrogen) atoms. The molecule has 0 unspecified atom stereocenters. The van der Waals surface area contributed by atoms with Gasteiger partial charge in [-0.3, -0.25) is 4.68 Å². The summed E-state index contributed by atoms with van der Waals surface area (Å²) in [6, 6.07) is 2.56. The molecule has 0 aliphatic carbocycles. The van der Waals surface area contributed by atoms with Gasteiger partial charge in [0.25, 0.3) is 0 Å². The van der Waals surface area contributed by atoms with E-state index in [1.807, 2.05) is 0 Å². The molecule has 2 aromatic heterocycles. The van der Waals surface area contributed by atoms with Crippen molar-refractivity contribution in [1.29, 1.82) is 0 Å². The molecule has 148 valence electrons. The first-order chi connectivity index (χ1) is 13.1. The van der Waals surface area contributed by atoms with E-state index in [1.54, 1.807) is 0 Å². The van der Waals surface area contributed by atoms with E-state index in [0.29, 0.717) is 18.2 Å². The number of nitrogens with zero attached hydrogens (tertiary/aromatic N) is 3. The number of halogens is 7. The highest BCUT2D eigenvalue weighted by Gasteiger charge is 2.35. The van der Waals surface area contributed by atoms with Crippen LogP contribution in [-0.2, 0) is 19.8 Å². The van der Waals surface area contributed by atoms with E-state index in [1.165, 1.54) is 7.05 Å². The molecule has 0 aliphatic heterocycles. The summed E-state index contributed by atoms with van der Waals surface area (Å²) in [5.41, 5.74) is -2.23. The molecule has 0 saturated carbocycles. The van der Waals surface area contributed by atoms with Crippen molar-refractivity contribution in [3.05, 3.63) is 65.0 Å². The number of anilines is 1. The highest BCUT2D eigenvalue weighted by atomic mass is 19.4. The summed E-state index contributed by atoms with van der Waals surface area (Å²) >= 11 is 0. The first-order valence-electron chi connectivity index (χ1n) is 7.70. The van der Waals surface area contributed by atoms with Crippen LogP contribution >= 0.6 is 0 Å². The van der Waals surface area contributed by atoms with Gasteiger partial charge in [-0.2, -0.15) is 18.3 Å². The molecule has 0 saturated heterocycles. The fourth-order valence-corrected chi connectivity index (χ4v) is 2.48. The smallest absolute Gasteiger partial charge is 0.379 e. The third-order valence-corrected chi connectivity index (χ3v) is 3.83. The summed E-state index contributed by atoms with van der Waals surface area (Å²) in [5, 5.41) is 5.80. The van der Waals surface area contributed by atoms with Gasteiger partial charge in [0.15, 0.2) is 11.5 Å². The lowest BCUT2D eigenvalue weighted by atomic mass is 10.2. The number of benzene rings is 1. The molecule has 1 N–H and O–H groups in total. The summed E-state index contributed by atoms with van der Waals surface area (Å²) in [6.07, 6.45) is -3.62. The number of hydrogen-bond donors (Lipinski definition) is 1. The van der Waals surface area contributed by atoms with Crippen LogP contribution in [0.3, 0.4) is 0 Å². The Bertz CT molecular complexity index is 1000. The number of aryl methyl sites for hydroxylation is 1. The van der Waals surface area contributed by atoms with Crippen LogP contribution in [0.1, 0.15) is 11.3 Å². The van der Waals surface area contributed by atoms with Crippen molar-refractivity contribution in [1.82, 2.24) is 14.8 Å². The fourth-order valence-electron chi connectivity index (χ4n) is 2.48. The van der Waals surface area contributed by atoms with Crippen LogP contribution in [0.5, 0.6) is 0 Å². The van der Waals surface area contributed by atoms with Crippen molar-refractivity contribution in [2.24, 2.45) is 7.05 Å². The van der Waals surface area contributed by atoms with Crippen LogP contribution in [0.25, 0.3) is 11.4 Å². The molecule has 1 aromatic carbocycles. The molecule has 4 nitrogen and oxygen atoms in total. The first-order valence-corrected chi connectivity index (χ1v) is 7.70. The zero-order valence-corrected chi connectivity index (χ0v) is 14.1. The Labute approximate surface area is 153 Å². The molecule has 0 bridgehead atoms. The quantitative estimate of drug-likeness (QED) is 0.643. The summed E-state index contributed by atoms with van der Waals surface area (Å²) in [6.45, 7) is -0.428. The Balaban J connectivity index is 1.83. The highest BCUT2D eigenvalue weighted by molar-refractivity contribution is 5.59. The summed E-state index contributed by atoms with van der Waals surface area (Å²) in [4.78, 5) is 3.76. The molecular formula is C17H11F7N4. The summed E-state index contributed by atoms with van der Waals surface area (Å²) < 4.78 is 93.5. The minimum Gasteiger partial charge on any atom is -0.379 e. The first kappa shape index (κ1) is 19.6. The molecule has 2 heterocycles. The van der Waals surface area contributed by atoms with E-state index in [9.17, 15) is 30.7 Å². The third-order valence-electron chi connectivity index (χ3n) is 3.83. The predicted molar refractivity (Wildman–Crippen MR) is 85.0 cm³/mol. The third kappa shape index (κ3) is 3.92. The van der Waals surface area contributed by atoms with E-state index in [4.69, 9.17) is 0 Å². The lowest BCUT2D eigenvalue weighted by Crippen LogP contribution is -2.07. The number of aromatic nitrogens is 3. The maximum Gasteiger partial charge on any atom is 0.435 e. The van der Waals surface area contributed by atoms with Gasteiger partial charge in [-0.1, -0.05) is 0 Å². The zero-order chi connectivity index (χ0) is 20.6. The van der Waals surface area contributed by atoms with Crippen LogP contribution in [0, 0.1) is 23.3 Å². The number of hydrogen-bond acceptors (Lipinski definition) is 3. The van der Waals surface area contributed by atoms with Crippen LogP contribution < -0.4 is 5.32 Å². The predicted octanol–water partition coefficient (Wildman–Crippen LogP) is 4.67. The van der Waals surface area contributed by atoms with Gasteiger partial charge in [-0.05, 0) is 6.07 Å². The minimum absolute atomic E-state index is 0.0163. The van der Waals surface area contributed by atoms with Crippen LogP contribution in [-0.4, -0.2) is 14.8 Å². The van der Waals surface area contributed by atoms with E-state index < -0.39 is 47.2 Å². The number of alkyl halides is 3. The van der Waals surface area contributed by atoms with Crippen LogP contribution in [0.4, 0.5) is 36.4 Å². The molecule has 0 spiro atoms. The van der Waals surface area contributed by atoms with Gasteiger partial charge >= 0.3 is 6.18 Å². The van der Waals surface area contributed by atoms with Gasteiger partial charge in [0.05, 0.1) is 17.6 Å². The van der Waals surface area contributed by atoms with Crippen LogP contribution in [0.2, 0.25) is 0 Å². The average molecular weight is 404 g/mol. The van der Waals surface area contributed by atoms with Gasteiger partial charge in [0.2, 0.25) is 0 Å². The van der Waals surface area contributed by atoms with Crippen molar-refractivity contribution in [3.8, 4) is 11.4 Å². The van der Waals surface area contributed by atoms with Crippen molar-refractivity contribution in [3.63, 3.8) is 0 Å². The number of nitrogens with one attached hydrogen (secondary N) is 1. The van der Waals surface area contributed by atoms with Crippen molar-refractivity contribution < 1.29 is 30.7 Å². The lowest BCUT2D eigenvalue weighted by molar-refractivity contribution is -0.141. The van der Waals surface area contributed by atoms with Gasteiger partial charge in [-0.25, -0.2) is 22.5 Å². The Hall–Kier alpha value is -3.11. The Kier molecular flexibility index (Phi) is 5.01. The molecule has 3 rings (SSSR count). The summed E-state index contributed by atoms with van der Waals surface area (Å²) in [7, 11) is 1.21. The topological polar surface area (TPSA) is 42.7 Å². The Morgan fingerprint density at radius 3 is 2.14 bits per heavy atom. The maximum absolute atomic E-state index is 14.3. The van der Waals surface area contributed by atoms with Gasteiger partial charge in [0.1, 0.15) is 23.1 Å². The molecule has 0 radical (unpaired) electrons. The van der Waals surface area contributed by atoms with Crippen molar-refractivity contribution >= 4 is 5.69 Å². The Morgan fingerprint density at radius 2 is 1.61 bits per heavy atom. The van der Waals surface area contributed by atoms with Crippen molar-refractivity contribution in [2.45, 2.75) is 12.7 Å². The largest absolute Gasteiger partial charge is 0.435 e. The monoisotopic (exact) mass is 404 g/mol. The normalized spacial score (nSPS) is 11.7. The standard InChI is InChI=1S/C17H11F7N4/c1-28-14(5-15(27-28)17(22,23)24)16-13(21)4-9(6-26-16)25-7-10-11(19)2-8(18)3-12(10)20/h2-6,25H,7H2,1H3. The molecule has 0 fully saturated rings. The van der Waals surface area contributed by atoms with Gasteiger partial charge in [-0.15, -0.1) is 0 Å². The maximum atomic E-state index is 14.3. The van der Waals surface area contributed by atoms with Crippen molar-refractivity contribution in [2.75, 3.05) is 5.32 Å². The van der Waals surface area contributed by atoms with E-state index in [0.717, 1.165) is 16.9 Å². The summed E-state index contributed by atoms with van der Waals surface area (Å²) in [5.74, 6) is -4.29. The second-order valence-electron chi connectivity index (χ2n) is 5.79. The molecule has 0 atom stereocenters. The average Bonchev–Trinajstić information content (AvgIpc) is 2.96. The Morgan fingerprint density at radius 1 is 0.964 bits per heavy atom. The molecular weight excluding hydrogens is 393 g/mol. The minimum atomic E-state index is -4.70. The molecule has 11 heteroatoms. The lowest BCUT2D eigenvalue weighted by Gasteiger charge is -2.10. The molecule has 0 amide bonds. The SMILES string of the molecule is Cn1nc(C(F)(F)F)cc1-c1ncc(NCc2c(F)cc(F)cc2F)cc1F. The van der Waals surface area contributed by atoms with Gasteiger partial charge in [0, 0.05) is 37.4 Å². The molecule has 3 aromatic rings. The highest BCUT2D eigenvalue weighted by Crippen LogP contribution is 2.32. The second-order valence-corrected chi connectivity index (χ2v) is 5.79. The van der Waals surface area contributed by atoms with E-state index in [-0.39, 0.29) is 17.1 Å². The van der Waals surface area contributed by atoms with Gasteiger partial charge < -0.3 is 5.32 Å². The number of rotatable bonds is 4. The number of pyridine rings is 1. The van der Waals surface area contributed by atoms with E-state index >= 15 is 0 Å².